The van der Waals surface area contributed by atoms with E-state index < -0.39 is 0 Å². The molecule has 0 aliphatic heterocycles. The van der Waals surface area contributed by atoms with Gasteiger partial charge in [0, 0.05) is 24.4 Å². The first-order chi connectivity index (χ1) is 8.06. The van der Waals surface area contributed by atoms with Gasteiger partial charge in [0.1, 0.15) is 0 Å². The summed E-state index contributed by atoms with van der Waals surface area (Å²) < 4.78 is 5.34. The van der Waals surface area contributed by atoms with Gasteiger partial charge in [-0.3, -0.25) is 0 Å². The Morgan fingerprint density at radius 1 is 1.41 bits per heavy atom. The minimum Gasteiger partial charge on any atom is -0.382 e. The Hall–Kier alpha value is -0.450. The molecule has 0 aliphatic carbocycles. The molecule has 0 radical (unpaired) electrons. The molecule has 1 N–H and O–H groups in total. The Labute approximate surface area is 109 Å². The van der Waals surface area contributed by atoms with E-state index in [1.165, 1.54) is 15.6 Å². The number of likely N-dealkylation sites (N-methyl/N-ethyl adjacent to an activating group) is 1. The van der Waals surface area contributed by atoms with Gasteiger partial charge in [-0.15, -0.1) is 11.3 Å². The van der Waals surface area contributed by atoms with E-state index in [9.17, 15) is 0 Å². The van der Waals surface area contributed by atoms with Crippen molar-refractivity contribution in [3.8, 4) is 0 Å². The standard InChI is InChI=1S/C13H24N2OS/c1-6-14-12(7-9(2)16-5)8-13-15-10(3)11(4)17-13/h9,12,14H,6-8H2,1-5H3. The fourth-order valence-electron chi connectivity index (χ4n) is 1.86. The molecule has 98 valence electrons. The number of hydrogen-bond acceptors (Lipinski definition) is 4. The van der Waals surface area contributed by atoms with Crippen LogP contribution >= 0.6 is 11.3 Å². The molecule has 0 amide bonds. The number of hydrogen-bond donors (Lipinski definition) is 1. The number of aryl methyl sites for hydroxylation is 2. The van der Waals surface area contributed by atoms with Gasteiger partial charge in [-0.2, -0.15) is 0 Å². The van der Waals surface area contributed by atoms with Gasteiger partial charge in [0.15, 0.2) is 0 Å². The Morgan fingerprint density at radius 3 is 2.59 bits per heavy atom. The molecule has 0 spiro atoms. The third-order valence-electron chi connectivity index (χ3n) is 3.01. The third kappa shape index (κ3) is 4.74. The Bertz CT molecular complexity index is 319. The van der Waals surface area contributed by atoms with Crippen LogP contribution in [0.5, 0.6) is 0 Å². The minimum absolute atomic E-state index is 0.293. The van der Waals surface area contributed by atoms with Crippen molar-refractivity contribution >= 4 is 11.3 Å². The van der Waals surface area contributed by atoms with Crippen LogP contribution in [0.3, 0.4) is 0 Å². The van der Waals surface area contributed by atoms with Crippen molar-refractivity contribution in [2.75, 3.05) is 13.7 Å². The van der Waals surface area contributed by atoms with E-state index >= 15 is 0 Å². The molecule has 2 atom stereocenters. The van der Waals surface area contributed by atoms with E-state index in [1.807, 2.05) is 11.3 Å². The average Bonchev–Trinajstić information content (AvgIpc) is 2.58. The highest BCUT2D eigenvalue weighted by Crippen LogP contribution is 2.19. The number of thiazole rings is 1. The van der Waals surface area contributed by atoms with E-state index in [0.29, 0.717) is 12.1 Å². The number of nitrogens with zero attached hydrogens (tertiary/aromatic N) is 1. The first-order valence-electron chi connectivity index (χ1n) is 6.25. The summed E-state index contributed by atoms with van der Waals surface area (Å²) in [5.74, 6) is 0. The van der Waals surface area contributed by atoms with Crippen LogP contribution in [-0.4, -0.2) is 30.8 Å². The van der Waals surface area contributed by atoms with Gasteiger partial charge >= 0.3 is 0 Å². The van der Waals surface area contributed by atoms with Gasteiger partial charge < -0.3 is 10.1 Å². The lowest BCUT2D eigenvalue weighted by atomic mass is 10.1. The summed E-state index contributed by atoms with van der Waals surface area (Å²) >= 11 is 1.81. The van der Waals surface area contributed by atoms with Crippen molar-refractivity contribution in [2.24, 2.45) is 0 Å². The molecular weight excluding hydrogens is 232 g/mol. The maximum Gasteiger partial charge on any atom is 0.0946 e. The number of ether oxygens (including phenoxy) is 1. The molecule has 1 aromatic rings. The summed E-state index contributed by atoms with van der Waals surface area (Å²) in [5.41, 5.74) is 1.17. The number of methoxy groups -OCH3 is 1. The highest BCUT2D eigenvalue weighted by molar-refractivity contribution is 7.11. The van der Waals surface area contributed by atoms with Crippen LogP contribution in [0.15, 0.2) is 0 Å². The molecule has 0 bridgehead atoms. The summed E-state index contributed by atoms with van der Waals surface area (Å²) in [4.78, 5) is 5.93. The molecule has 0 saturated heterocycles. The number of rotatable bonds is 7. The lowest BCUT2D eigenvalue weighted by molar-refractivity contribution is 0.101. The monoisotopic (exact) mass is 256 g/mol. The normalized spacial score (nSPS) is 14.9. The second-order valence-corrected chi connectivity index (χ2v) is 5.78. The smallest absolute Gasteiger partial charge is 0.0946 e. The molecule has 17 heavy (non-hydrogen) atoms. The summed E-state index contributed by atoms with van der Waals surface area (Å²) in [5, 5.41) is 4.74. The molecule has 0 fully saturated rings. The van der Waals surface area contributed by atoms with Crippen molar-refractivity contribution in [3.63, 3.8) is 0 Å². The van der Waals surface area contributed by atoms with Crippen molar-refractivity contribution in [1.29, 1.82) is 0 Å². The van der Waals surface area contributed by atoms with Crippen LogP contribution in [0.4, 0.5) is 0 Å². The molecule has 1 rings (SSSR count). The van der Waals surface area contributed by atoms with Gasteiger partial charge in [-0.25, -0.2) is 4.98 Å². The minimum atomic E-state index is 0.293. The van der Waals surface area contributed by atoms with Gasteiger partial charge in [-0.05, 0) is 33.7 Å². The second kappa shape index (κ2) is 7.09. The molecule has 2 unspecified atom stereocenters. The van der Waals surface area contributed by atoms with Gasteiger partial charge in [-0.1, -0.05) is 6.92 Å². The van der Waals surface area contributed by atoms with Crippen molar-refractivity contribution < 1.29 is 4.74 Å². The largest absolute Gasteiger partial charge is 0.382 e. The predicted octanol–water partition coefficient (Wildman–Crippen LogP) is 2.71. The number of nitrogens with one attached hydrogen (secondary N) is 1. The summed E-state index contributed by atoms with van der Waals surface area (Å²) in [6.45, 7) is 9.46. The van der Waals surface area contributed by atoms with Gasteiger partial charge in [0.05, 0.1) is 16.8 Å². The molecule has 0 aliphatic rings. The van der Waals surface area contributed by atoms with Crippen LogP contribution < -0.4 is 5.32 Å². The summed E-state index contributed by atoms with van der Waals surface area (Å²) in [6.07, 6.45) is 2.32. The molecule has 0 saturated carbocycles. The highest BCUT2D eigenvalue weighted by Gasteiger charge is 2.15. The van der Waals surface area contributed by atoms with E-state index in [2.05, 4.69) is 38.0 Å². The van der Waals surface area contributed by atoms with Crippen LogP contribution in [0.2, 0.25) is 0 Å². The Kier molecular flexibility index (Phi) is 6.09. The SMILES string of the molecule is CCNC(Cc1nc(C)c(C)s1)CC(C)OC. The maximum absolute atomic E-state index is 5.34. The van der Waals surface area contributed by atoms with Crippen LogP contribution in [0.1, 0.15) is 35.8 Å². The summed E-state index contributed by atoms with van der Waals surface area (Å²) in [6, 6.07) is 0.458. The van der Waals surface area contributed by atoms with Gasteiger partial charge in [0.25, 0.3) is 0 Å². The highest BCUT2D eigenvalue weighted by atomic mass is 32.1. The molecular formula is C13H24N2OS. The van der Waals surface area contributed by atoms with Crippen LogP contribution in [0.25, 0.3) is 0 Å². The van der Waals surface area contributed by atoms with E-state index in [1.54, 1.807) is 7.11 Å². The first-order valence-corrected chi connectivity index (χ1v) is 7.07. The molecule has 3 nitrogen and oxygen atoms in total. The number of aromatic nitrogens is 1. The maximum atomic E-state index is 5.34. The summed E-state index contributed by atoms with van der Waals surface area (Å²) in [7, 11) is 1.77. The second-order valence-electron chi connectivity index (χ2n) is 4.49. The lowest BCUT2D eigenvalue weighted by Crippen LogP contribution is -2.34. The molecule has 0 aromatic carbocycles. The molecule has 1 aromatic heterocycles. The first kappa shape index (κ1) is 14.6. The lowest BCUT2D eigenvalue weighted by Gasteiger charge is -2.20. The topological polar surface area (TPSA) is 34.2 Å². The zero-order chi connectivity index (χ0) is 12.8. The van der Waals surface area contributed by atoms with Crippen molar-refractivity contribution in [1.82, 2.24) is 10.3 Å². The average molecular weight is 256 g/mol. The molecule has 1 heterocycles. The van der Waals surface area contributed by atoms with E-state index in [4.69, 9.17) is 4.74 Å². The van der Waals surface area contributed by atoms with E-state index in [-0.39, 0.29) is 0 Å². The predicted molar refractivity (Wildman–Crippen MR) is 73.8 cm³/mol. The Morgan fingerprint density at radius 2 is 2.12 bits per heavy atom. The fourth-order valence-corrected chi connectivity index (χ4v) is 2.88. The van der Waals surface area contributed by atoms with E-state index in [0.717, 1.165) is 19.4 Å². The fraction of sp³-hybridized carbons (Fsp3) is 0.769. The van der Waals surface area contributed by atoms with Gasteiger partial charge in [0.2, 0.25) is 0 Å². The zero-order valence-corrected chi connectivity index (χ0v) is 12.4. The zero-order valence-electron chi connectivity index (χ0n) is 11.5. The van der Waals surface area contributed by atoms with Crippen molar-refractivity contribution in [2.45, 2.75) is 52.7 Å². The Balaban J connectivity index is 2.59. The van der Waals surface area contributed by atoms with Crippen LogP contribution in [0, 0.1) is 13.8 Å². The molecule has 4 heteroatoms. The van der Waals surface area contributed by atoms with Crippen LogP contribution in [-0.2, 0) is 11.2 Å². The van der Waals surface area contributed by atoms with Crippen molar-refractivity contribution in [3.05, 3.63) is 15.6 Å². The third-order valence-corrected chi connectivity index (χ3v) is 4.10. The quantitative estimate of drug-likeness (QED) is 0.814.